The van der Waals surface area contributed by atoms with Crippen molar-refractivity contribution >= 4 is 16.1 Å². The van der Waals surface area contributed by atoms with Crippen LogP contribution in [0, 0.1) is 0 Å². The number of hydrogen-bond donors (Lipinski definition) is 1. The van der Waals surface area contributed by atoms with Gasteiger partial charge in [-0.3, -0.25) is 4.79 Å². The van der Waals surface area contributed by atoms with Crippen molar-refractivity contribution in [1.82, 2.24) is 13.9 Å². The van der Waals surface area contributed by atoms with Crippen LogP contribution in [0.4, 0.5) is 0 Å². The zero-order valence-electron chi connectivity index (χ0n) is 13.7. The highest BCUT2D eigenvalue weighted by atomic mass is 32.2. The first-order valence-corrected chi connectivity index (χ1v) is 9.49. The van der Waals surface area contributed by atoms with Crippen molar-refractivity contribution in [3.05, 3.63) is 35.9 Å². The Bertz CT molecular complexity index is 607. The van der Waals surface area contributed by atoms with Gasteiger partial charge in [-0.05, 0) is 25.0 Å². The number of hydrogen-bond acceptors (Lipinski definition) is 3. The Morgan fingerprint density at radius 3 is 2.26 bits per heavy atom. The average Bonchev–Trinajstić information content (AvgIpc) is 2.57. The lowest BCUT2D eigenvalue weighted by atomic mass is 10.1. The molecule has 0 spiro atoms. The minimum absolute atomic E-state index is 0.0193. The fraction of sp³-hybridized carbons (Fsp3) is 0.562. The Kier molecular flexibility index (Phi) is 6.15. The predicted molar refractivity (Wildman–Crippen MR) is 90.3 cm³/mol. The van der Waals surface area contributed by atoms with Gasteiger partial charge in [0.15, 0.2) is 0 Å². The van der Waals surface area contributed by atoms with Crippen LogP contribution in [0.5, 0.6) is 0 Å². The Balaban J connectivity index is 1.90. The van der Waals surface area contributed by atoms with Gasteiger partial charge in [0.25, 0.3) is 16.1 Å². The molecule has 6 nitrogen and oxygen atoms in total. The minimum atomic E-state index is -3.37. The third kappa shape index (κ3) is 4.31. The highest BCUT2D eigenvalue weighted by Gasteiger charge is 2.31. The number of benzene rings is 1. The number of amides is 1. The fourth-order valence-corrected chi connectivity index (χ4v) is 4.45. The summed E-state index contributed by atoms with van der Waals surface area (Å²) in [5, 5.41) is 2.99. The van der Waals surface area contributed by atoms with Crippen molar-refractivity contribution in [2.24, 2.45) is 0 Å². The average molecular weight is 339 g/mol. The van der Waals surface area contributed by atoms with E-state index in [1.165, 1.54) is 8.61 Å². The summed E-state index contributed by atoms with van der Waals surface area (Å²) in [5.41, 5.74) is 0.630. The van der Waals surface area contributed by atoms with Gasteiger partial charge in [-0.15, -0.1) is 0 Å². The van der Waals surface area contributed by atoms with Gasteiger partial charge < -0.3 is 5.32 Å². The number of carbonyl (C=O) groups is 1. The maximum Gasteiger partial charge on any atom is 0.281 e. The molecule has 128 valence electrons. The SMILES string of the molecule is CCN(CC)S(=O)(=O)N1CCC(NC(=O)c2ccccc2)CC1. The predicted octanol–water partition coefficient (Wildman–Crippen LogP) is 1.47. The van der Waals surface area contributed by atoms with Crippen LogP contribution < -0.4 is 5.32 Å². The van der Waals surface area contributed by atoms with Crippen LogP contribution in [0.2, 0.25) is 0 Å². The van der Waals surface area contributed by atoms with Crippen LogP contribution in [0.25, 0.3) is 0 Å². The third-order valence-electron chi connectivity index (χ3n) is 4.18. The van der Waals surface area contributed by atoms with Crippen molar-refractivity contribution in [2.45, 2.75) is 32.7 Å². The largest absolute Gasteiger partial charge is 0.349 e. The van der Waals surface area contributed by atoms with E-state index >= 15 is 0 Å². The molecule has 1 aromatic rings. The second-order valence-corrected chi connectivity index (χ2v) is 7.53. The van der Waals surface area contributed by atoms with Gasteiger partial charge in [-0.25, -0.2) is 0 Å². The van der Waals surface area contributed by atoms with Gasteiger partial charge in [-0.1, -0.05) is 32.0 Å². The molecule has 1 aliphatic rings. The molecule has 1 aromatic carbocycles. The highest BCUT2D eigenvalue weighted by molar-refractivity contribution is 7.86. The number of nitrogens with one attached hydrogen (secondary N) is 1. The first-order valence-electron chi connectivity index (χ1n) is 8.10. The third-order valence-corrected chi connectivity index (χ3v) is 6.37. The number of rotatable bonds is 6. The maximum atomic E-state index is 12.5. The zero-order chi connectivity index (χ0) is 16.9. The van der Waals surface area contributed by atoms with E-state index in [9.17, 15) is 13.2 Å². The molecule has 7 heteroatoms. The van der Waals surface area contributed by atoms with Gasteiger partial charge in [0.1, 0.15) is 0 Å². The van der Waals surface area contributed by atoms with Crippen LogP contribution in [0.3, 0.4) is 0 Å². The van der Waals surface area contributed by atoms with E-state index in [0.29, 0.717) is 44.6 Å². The fourth-order valence-electron chi connectivity index (χ4n) is 2.80. The van der Waals surface area contributed by atoms with Gasteiger partial charge in [-0.2, -0.15) is 17.0 Å². The lowest BCUT2D eigenvalue weighted by Crippen LogP contribution is -2.50. The highest BCUT2D eigenvalue weighted by Crippen LogP contribution is 2.17. The van der Waals surface area contributed by atoms with Crippen LogP contribution in [-0.2, 0) is 10.2 Å². The molecule has 0 atom stereocenters. The van der Waals surface area contributed by atoms with E-state index in [4.69, 9.17) is 0 Å². The minimum Gasteiger partial charge on any atom is -0.349 e. The normalized spacial score (nSPS) is 17.3. The molecule has 1 heterocycles. The maximum absolute atomic E-state index is 12.5. The standard InChI is InChI=1S/C16H25N3O3S/c1-3-18(4-2)23(21,22)19-12-10-15(11-13-19)17-16(20)14-8-6-5-7-9-14/h5-9,15H,3-4,10-13H2,1-2H3,(H,17,20). The number of piperidine rings is 1. The summed E-state index contributed by atoms with van der Waals surface area (Å²) >= 11 is 0. The summed E-state index contributed by atoms with van der Waals surface area (Å²) < 4.78 is 27.9. The van der Waals surface area contributed by atoms with Crippen molar-refractivity contribution in [3.63, 3.8) is 0 Å². The Morgan fingerprint density at radius 1 is 1.17 bits per heavy atom. The summed E-state index contributed by atoms with van der Waals surface area (Å²) in [7, 11) is -3.37. The van der Waals surface area contributed by atoms with E-state index < -0.39 is 10.2 Å². The number of carbonyl (C=O) groups excluding carboxylic acids is 1. The van der Waals surface area contributed by atoms with E-state index in [2.05, 4.69) is 5.32 Å². The smallest absolute Gasteiger partial charge is 0.281 e. The molecule has 1 aliphatic heterocycles. The van der Waals surface area contributed by atoms with Gasteiger partial charge >= 0.3 is 0 Å². The van der Waals surface area contributed by atoms with Crippen molar-refractivity contribution < 1.29 is 13.2 Å². The molecule has 0 radical (unpaired) electrons. The lowest BCUT2D eigenvalue weighted by molar-refractivity contribution is 0.0923. The quantitative estimate of drug-likeness (QED) is 0.853. The summed E-state index contributed by atoms with van der Waals surface area (Å²) in [5.74, 6) is -0.101. The molecular weight excluding hydrogens is 314 g/mol. The van der Waals surface area contributed by atoms with Crippen LogP contribution >= 0.6 is 0 Å². The number of nitrogens with zero attached hydrogens (tertiary/aromatic N) is 2. The summed E-state index contributed by atoms with van der Waals surface area (Å²) in [6.45, 7) is 5.52. The van der Waals surface area contributed by atoms with Crippen LogP contribution in [0.15, 0.2) is 30.3 Å². The monoisotopic (exact) mass is 339 g/mol. The van der Waals surface area contributed by atoms with E-state index in [-0.39, 0.29) is 11.9 Å². The molecule has 1 saturated heterocycles. The summed E-state index contributed by atoms with van der Waals surface area (Å²) in [6, 6.07) is 9.09. The first-order chi connectivity index (χ1) is 11.0. The first kappa shape index (κ1) is 17.9. The summed E-state index contributed by atoms with van der Waals surface area (Å²) in [4.78, 5) is 12.1. The van der Waals surface area contributed by atoms with Crippen molar-refractivity contribution in [2.75, 3.05) is 26.2 Å². The molecule has 2 rings (SSSR count). The molecule has 0 bridgehead atoms. The van der Waals surface area contributed by atoms with Crippen LogP contribution in [-0.4, -0.2) is 55.2 Å². The van der Waals surface area contributed by atoms with E-state index in [0.717, 1.165) is 0 Å². The van der Waals surface area contributed by atoms with Gasteiger partial charge in [0.2, 0.25) is 0 Å². The topological polar surface area (TPSA) is 69.7 Å². The van der Waals surface area contributed by atoms with Gasteiger partial charge in [0.05, 0.1) is 0 Å². The lowest BCUT2D eigenvalue weighted by Gasteiger charge is -2.34. The zero-order valence-corrected chi connectivity index (χ0v) is 14.6. The molecule has 1 N–H and O–H groups in total. The molecule has 0 unspecified atom stereocenters. The molecular formula is C16H25N3O3S. The van der Waals surface area contributed by atoms with Crippen molar-refractivity contribution in [3.8, 4) is 0 Å². The second-order valence-electron chi connectivity index (χ2n) is 5.60. The Morgan fingerprint density at radius 2 is 1.74 bits per heavy atom. The van der Waals surface area contributed by atoms with Crippen molar-refractivity contribution in [1.29, 1.82) is 0 Å². The molecule has 23 heavy (non-hydrogen) atoms. The molecule has 1 fully saturated rings. The molecule has 0 aliphatic carbocycles. The van der Waals surface area contributed by atoms with E-state index in [1.807, 2.05) is 32.0 Å². The van der Waals surface area contributed by atoms with Crippen LogP contribution in [0.1, 0.15) is 37.0 Å². The van der Waals surface area contributed by atoms with Gasteiger partial charge in [0, 0.05) is 37.8 Å². The Hall–Kier alpha value is -1.44. The van der Waals surface area contributed by atoms with E-state index in [1.54, 1.807) is 12.1 Å². The molecule has 0 aromatic heterocycles. The second kappa shape index (κ2) is 7.90. The molecule has 1 amide bonds. The Labute approximate surface area is 138 Å². The molecule has 0 saturated carbocycles. The summed E-state index contributed by atoms with van der Waals surface area (Å²) in [6.07, 6.45) is 1.28.